The van der Waals surface area contributed by atoms with Crippen LogP contribution >= 0.6 is 0 Å². The van der Waals surface area contributed by atoms with Gasteiger partial charge in [-0.2, -0.15) is 0 Å². The van der Waals surface area contributed by atoms with Crippen LogP contribution in [-0.2, 0) is 19.1 Å². The molecule has 6 heteroatoms. The van der Waals surface area contributed by atoms with Crippen molar-refractivity contribution in [3.8, 4) is 0 Å². The topological polar surface area (TPSA) is 52.6 Å². The van der Waals surface area contributed by atoms with Gasteiger partial charge in [0.05, 0.1) is 25.6 Å². The maximum absolute atomic E-state index is 13.5. The summed E-state index contributed by atoms with van der Waals surface area (Å²) >= 11 is 0. The second kappa shape index (κ2) is 8.00. The highest BCUT2D eigenvalue weighted by Crippen LogP contribution is 2.29. The van der Waals surface area contributed by atoms with Gasteiger partial charge in [0.15, 0.2) is 0 Å². The van der Waals surface area contributed by atoms with Gasteiger partial charge in [-0.3, -0.25) is 9.59 Å². The zero-order chi connectivity index (χ0) is 14.2. The number of carbonyl (C=O) groups excluding carboxylic acids is 2. The summed E-state index contributed by atoms with van der Waals surface area (Å²) in [7, 11) is 0. The van der Waals surface area contributed by atoms with E-state index in [1.165, 1.54) is 6.92 Å². The maximum atomic E-state index is 13.5. The number of hydrogen-bond donors (Lipinski definition) is 0. The molecule has 0 heterocycles. The smallest absolute Gasteiger partial charge is 0.308 e. The molecule has 0 aromatic heterocycles. The molecule has 106 valence electrons. The van der Waals surface area contributed by atoms with Gasteiger partial charge in [0.2, 0.25) is 5.92 Å². The van der Waals surface area contributed by atoms with Crippen molar-refractivity contribution >= 4 is 11.9 Å². The number of carbonyl (C=O) groups is 2. The third-order valence-corrected chi connectivity index (χ3v) is 2.29. The first-order valence-corrected chi connectivity index (χ1v) is 6.02. The van der Waals surface area contributed by atoms with E-state index in [-0.39, 0.29) is 19.6 Å². The highest BCUT2D eigenvalue weighted by Gasteiger charge is 2.34. The van der Waals surface area contributed by atoms with E-state index in [9.17, 15) is 18.4 Å². The van der Waals surface area contributed by atoms with E-state index in [0.717, 1.165) is 0 Å². The van der Waals surface area contributed by atoms with Crippen LogP contribution < -0.4 is 0 Å². The van der Waals surface area contributed by atoms with Crippen molar-refractivity contribution in [1.82, 2.24) is 0 Å². The average molecular weight is 266 g/mol. The van der Waals surface area contributed by atoms with Gasteiger partial charge >= 0.3 is 11.9 Å². The Kier molecular flexibility index (Phi) is 7.47. The molecule has 0 aliphatic carbocycles. The van der Waals surface area contributed by atoms with Gasteiger partial charge < -0.3 is 9.47 Å². The van der Waals surface area contributed by atoms with Crippen molar-refractivity contribution in [3.63, 3.8) is 0 Å². The molecule has 18 heavy (non-hydrogen) atoms. The SMILES string of the molecule is CCOC(=O)CCC(F)(F)CC(C)C(=O)OCC. The zero-order valence-corrected chi connectivity index (χ0v) is 11.0. The van der Waals surface area contributed by atoms with Gasteiger partial charge in [0, 0.05) is 12.8 Å². The number of esters is 2. The van der Waals surface area contributed by atoms with Crippen molar-refractivity contribution in [2.24, 2.45) is 5.92 Å². The molecule has 1 unspecified atom stereocenters. The highest BCUT2D eigenvalue weighted by molar-refractivity contribution is 5.72. The van der Waals surface area contributed by atoms with E-state index in [0.29, 0.717) is 0 Å². The van der Waals surface area contributed by atoms with Crippen LogP contribution in [0.3, 0.4) is 0 Å². The first-order chi connectivity index (χ1) is 8.32. The molecule has 0 bridgehead atoms. The van der Waals surface area contributed by atoms with E-state index in [4.69, 9.17) is 0 Å². The van der Waals surface area contributed by atoms with Crippen LogP contribution in [-0.4, -0.2) is 31.1 Å². The summed E-state index contributed by atoms with van der Waals surface area (Å²) in [5.74, 6) is -5.25. The summed E-state index contributed by atoms with van der Waals surface area (Å²) in [6.45, 7) is 4.94. The molecule has 0 aromatic carbocycles. The molecule has 0 N–H and O–H groups in total. The van der Waals surface area contributed by atoms with Gasteiger partial charge in [0.1, 0.15) is 0 Å². The van der Waals surface area contributed by atoms with Crippen LogP contribution in [0.5, 0.6) is 0 Å². The third-order valence-electron chi connectivity index (χ3n) is 2.29. The Bertz CT molecular complexity index is 279. The van der Waals surface area contributed by atoms with Gasteiger partial charge in [-0.25, -0.2) is 8.78 Å². The fraction of sp³-hybridized carbons (Fsp3) is 0.833. The summed E-state index contributed by atoms with van der Waals surface area (Å²) in [5, 5.41) is 0. The van der Waals surface area contributed by atoms with Crippen molar-refractivity contribution in [3.05, 3.63) is 0 Å². The average Bonchev–Trinajstić information content (AvgIpc) is 2.27. The molecular weight excluding hydrogens is 246 g/mol. The van der Waals surface area contributed by atoms with Crippen LogP contribution in [0.1, 0.15) is 40.0 Å². The molecule has 0 saturated carbocycles. The van der Waals surface area contributed by atoms with E-state index >= 15 is 0 Å². The zero-order valence-electron chi connectivity index (χ0n) is 11.0. The van der Waals surface area contributed by atoms with Crippen LogP contribution in [0.4, 0.5) is 8.78 Å². The Morgan fingerprint density at radius 1 is 1.17 bits per heavy atom. The molecule has 0 amide bonds. The lowest BCUT2D eigenvalue weighted by molar-refractivity contribution is -0.152. The second-order valence-corrected chi connectivity index (χ2v) is 4.02. The number of hydrogen-bond acceptors (Lipinski definition) is 4. The van der Waals surface area contributed by atoms with Gasteiger partial charge in [-0.15, -0.1) is 0 Å². The molecule has 0 rings (SSSR count). The Hall–Kier alpha value is -1.20. The van der Waals surface area contributed by atoms with Crippen molar-refractivity contribution < 1.29 is 27.8 Å². The molecule has 0 fully saturated rings. The van der Waals surface area contributed by atoms with Crippen molar-refractivity contribution in [2.45, 2.75) is 46.0 Å². The Morgan fingerprint density at radius 3 is 2.22 bits per heavy atom. The van der Waals surface area contributed by atoms with E-state index in [1.54, 1.807) is 13.8 Å². The highest BCUT2D eigenvalue weighted by atomic mass is 19.3. The molecule has 0 aromatic rings. The molecule has 0 aliphatic rings. The lowest BCUT2D eigenvalue weighted by atomic mass is 10.00. The first kappa shape index (κ1) is 16.8. The molecule has 0 spiro atoms. The molecule has 0 aliphatic heterocycles. The number of halogens is 2. The Morgan fingerprint density at radius 2 is 1.72 bits per heavy atom. The third kappa shape index (κ3) is 7.19. The summed E-state index contributed by atoms with van der Waals surface area (Å²) in [6, 6.07) is 0. The number of alkyl halides is 2. The maximum Gasteiger partial charge on any atom is 0.308 e. The minimum Gasteiger partial charge on any atom is -0.466 e. The second-order valence-electron chi connectivity index (χ2n) is 4.02. The van der Waals surface area contributed by atoms with Crippen LogP contribution in [0.15, 0.2) is 0 Å². The molecule has 4 nitrogen and oxygen atoms in total. The van der Waals surface area contributed by atoms with Crippen LogP contribution in [0.2, 0.25) is 0 Å². The lowest BCUT2D eigenvalue weighted by Crippen LogP contribution is -2.26. The fourth-order valence-electron chi connectivity index (χ4n) is 1.44. The standard InChI is InChI=1S/C12H20F2O4/c1-4-17-10(15)6-7-12(13,14)8-9(3)11(16)18-5-2/h9H,4-8H2,1-3H3. The van der Waals surface area contributed by atoms with Crippen molar-refractivity contribution in [2.75, 3.05) is 13.2 Å². The predicted molar refractivity (Wildman–Crippen MR) is 61.2 cm³/mol. The first-order valence-electron chi connectivity index (χ1n) is 6.02. The van der Waals surface area contributed by atoms with Gasteiger partial charge in [-0.05, 0) is 13.8 Å². The summed E-state index contributed by atoms with van der Waals surface area (Å²) in [4.78, 5) is 22.2. The normalized spacial score (nSPS) is 12.9. The molecule has 0 saturated heterocycles. The molecule has 1 atom stereocenters. The van der Waals surface area contributed by atoms with E-state index in [2.05, 4.69) is 9.47 Å². The van der Waals surface area contributed by atoms with Gasteiger partial charge in [-0.1, -0.05) is 6.92 Å². The monoisotopic (exact) mass is 266 g/mol. The van der Waals surface area contributed by atoms with Crippen molar-refractivity contribution in [1.29, 1.82) is 0 Å². The predicted octanol–water partition coefficient (Wildman–Crippen LogP) is 2.55. The van der Waals surface area contributed by atoms with Gasteiger partial charge in [0.25, 0.3) is 0 Å². The van der Waals surface area contributed by atoms with E-state index < -0.39 is 36.6 Å². The number of rotatable bonds is 8. The largest absolute Gasteiger partial charge is 0.466 e. The Balaban J connectivity index is 4.13. The summed E-state index contributed by atoms with van der Waals surface area (Å²) < 4.78 is 36.1. The van der Waals surface area contributed by atoms with E-state index in [1.807, 2.05) is 0 Å². The van der Waals surface area contributed by atoms with Crippen LogP contribution in [0.25, 0.3) is 0 Å². The number of ether oxygens (including phenoxy) is 2. The van der Waals surface area contributed by atoms with Crippen LogP contribution in [0, 0.1) is 5.92 Å². The summed E-state index contributed by atoms with van der Waals surface area (Å²) in [6.07, 6.45) is -1.59. The molecular formula is C12H20F2O4. The quantitative estimate of drug-likeness (QED) is 0.633. The summed E-state index contributed by atoms with van der Waals surface area (Å²) in [5.41, 5.74) is 0. The minimum absolute atomic E-state index is 0.164. The minimum atomic E-state index is -3.07. The lowest BCUT2D eigenvalue weighted by Gasteiger charge is -2.19. The Labute approximate surface area is 106 Å². The fourth-order valence-corrected chi connectivity index (χ4v) is 1.44. The molecule has 0 radical (unpaired) electrons.